The molecule has 0 spiro atoms. The van der Waals surface area contributed by atoms with Gasteiger partial charge in [-0.05, 0) is 36.1 Å². The van der Waals surface area contributed by atoms with E-state index in [2.05, 4.69) is 5.10 Å². The topological polar surface area (TPSA) is 78.0 Å². The fourth-order valence-corrected chi connectivity index (χ4v) is 1.86. The van der Waals surface area contributed by atoms with E-state index in [4.69, 9.17) is 11.6 Å². The zero-order valence-corrected chi connectivity index (χ0v) is 11.0. The van der Waals surface area contributed by atoms with Crippen molar-refractivity contribution in [3.8, 4) is 0 Å². The molecule has 0 radical (unpaired) electrons. The van der Waals surface area contributed by atoms with Gasteiger partial charge in [0.2, 0.25) is 0 Å². The largest absolute Gasteiger partial charge is 0.408 e. The van der Waals surface area contributed by atoms with Crippen molar-refractivity contribution in [2.45, 2.75) is 13.0 Å². The molecule has 104 valence electrons. The third-order valence-electron chi connectivity index (χ3n) is 2.75. The number of nitrogens with zero attached hydrogens (tertiary/aromatic N) is 3. The minimum atomic E-state index is -0.785. The summed E-state index contributed by atoms with van der Waals surface area (Å²) in [5, 5.41) is 14.2. The second-order valence-corrected chi connectivity index (χ2v) is 4.49. The van der Waals surface area contributed by atoms with Gasteiger partial charge in [0.05, 0.1) is 11.3 Å². The second kappa shape index (κ2) is 5.38. The molecule has 0 saturated heterocycles. The summed E-state index contributed by atoms with van der Waals surface area (Å²) in [6.07, 6.45) is 1.21. The standard InChI is InChI=1S/C12H9ClFN3O3/c1-7(11(18)8-2-4-9(14)5-3-8)16-6-10(13)12(15-16)17(19)20/h2-7H,1H3. The first-order valence-electron chi connectivity index (χ1n) is 5.59. The highest BCUT2D eigenvalue weighted by molar-refractivity contribution is 6.32. The van der Waals surface area contributed by atoms with E-state index in [0.717, 1.165) is 4.68 Å². The number of Topliss-reactive ketones (excluding diaryl/α,β-unsaturated/α-hetero) is 1. The van der Waals surface area contributed by atoms with Gasteiger partial charge < -0.3 is 10.1 Å². The number of rotatable bonds is 4. The molecule has 1 unspecified atom stereocenters. The number of hydrogen-bond acceptors (Lipinski definition) is 4. The van der Waals surface area contributed by atoms with Crippen molar-refractivity contribution in [1.82, 2.24) is 9.78 Å². The molecule has 1 atom stereocenters. The van der Waals surface area contributed by atoms with E-state index in [0.29, 0.717) is 0 Å². The van der Waals surface area contributed by atoms with Crippen molar-refractivity contribution < 1.29 is 14.1 Å². The van der Waals surface area contributed by atoms with Crippen LogP contribution >= 0.6 is 11.6 Å². The number of benzene rings is 1. The van der Waals surface area contributed by atoms with Crippen LogP contribution in [0.15, 0.2) is 30.5 Å². The van der Waals surface area contributed by atoms with Crippen molar-refractivity contribution in [2.75, 3.05) is 0 Å². The molecular formula is C12H9ClFN3O3. The Morgan fingerprint density at radius 3 is 2.55 bits per heavy atom. The van der Waals surface area contributed by atoms with Gasteiger partial charge in [0.15, 0.2) is 10.8 Å². The lowest BCUT2D eigenvalue weighted by molar-refractivity contribution is -0.389. The first-order chi connectivity index (χ1) is 9.40. The number of aromatic nitrogens is 2. The van der Waals surface area contributed by atoms with Crippen LogP contribution < -0.4 is 0 Å². The number of carbonyl (C=O) groups excluding carboxylic acids is 1. The van der Waals surface area contributed by atoms with Gasteiger partial charge in [-0.3, -0.25) is 4.79 Å². The lowest BCUT2D eigenvalue weighted by atomic mass is 10.1. The first-order valence-corrected chi connectivity index (χ1v) is 5.96. The average molecular weight is 298 g/mol. The lowest BCUT2D eigenvalue weighted by Gasteiger charge is -2.07. The molecule has 1 heterocycles. The molecule has 2 rings (SSSR count). The fraction of sp³-hybridized carbons (Fsp3) is 0.167. The molecule has 0 N–H and O–H groups in total. The highest BCUT2D eigenvalue weighted by Gasteiger charge is 2.26. The normalized spacial score (nSPS) is 12.2. The summed E-state index contributed by atoms with van der Waals surface area (Å²) in [6.45, 7) is 1.53. The Kier molecular flexibility index (Phi) is 3.80. The van der Waals surface area contributed by atoms with E-state index in [9.17, 15) is 19.3 Å². The van der Waals surface area contributed by atoms with E-state index in [1.807, 2.05) is 0 Å². The monoisotopic (exact) mass is 297 g/mol. The maximum atomic E-state index is 12.8. The minimum absolute atomic E-state index is 0.145. The summed E-state index contributed by atoms with van der Waals surface area (Å²) in [5.74, 6) is -1.31. The molecule has 0 aliphatic heterocycles. The van der Waals surface area contributed by atoms with Crippen molar-refractivity contribution in [3.05, 3.63) is 57.0 Å². The van der Waals surface area contributed by atoms with Gasteiger partial charge in [-0.1, -0.05) is 11.6 Å². The van der Waals surface area contributed by atoms with Crippen LogP contribution in [0.2, 0.25) is 5.02 Å². The maximum Gasteiger partial charge on any atom is 0.408 e. The van der Waals surface area contributed by atoms with Crippen molar-refractivity contribution >= 4 is 23.2 Å². The molecule has 8 heteroatoms. The molecule has 0 fully saturated rings. The summed E-state index contributed by atoms with van der Waals surface area (Å²) in [5.41, 5.74) is 0.285. The zero-order valence-electron chi connectivity index (χ0n) is 10.3. The van der Waals surface area contributed by atoms with Gasteiger partial charge in [0.25, 0.3) is 0 Å². The van der Waals surface area contributed by atoms with E-state index >= 15 is 0 Å². The van der Waals surface area contributed by atoms with Gasteiger partial charge in [-0.2, -0.15) is 4.68 Å². The van der Waals surface area contributed by atoms with Crippen molar-refractivity contribution in [3.63, 3.8) is 0 Å². The van der Waals surface area contributed by atoms with Crippen LogP contribution in [0.25, 0.3) is 0 Å². The van der Waals surface area contributed by atoms with E-state index in [1.54, 1.807) is 0 Å². The fourth-order valence-electron chi connectivity index (χ4n) is 1.66. The van der Waals surface area contributed by atoms with Crippen LogP contribution in [0.5, 0.6) is 0 Å². The Bertz CT molecular complexity index is 669. The minimum Gasteiger partial charge on any atom is -0.358 e. The number of ketones is 1. The second-order valence-electron chi connectivity index (χ2n) is 4.08. The lowest BCUT2D eigenvalue weighted by Crippen LogP contribution is -2.17. The third-order valence-corrected chi connectivity index (χ3v) is 3.01. The van der Waals surface area contributed by atoms with Crippen LogP contribution in [0.1, 0.15) is 23.3 Å². The quantitative estimate of drug-likeness (QED) is 0.493. The Labute approximate surface area is 117 Å². The first kappa shape index (κ1) is 14.1. The van der Waals surface area contributed by atoms with Gasteiger partial charge in [0, 0.05) is 5.56 Å². The van der Waals surface area contributed by atoms with Gasteiger partial charge in [0.1, 0.15) is 11.9 Å². The maximum absolute atomic E-state index is 12.8. The molecule has 0 aliphatic carbocycles. The molecule has 2 aromatic rings. The van der Waals surface area contributed by atoms with Crippen LogP contribution in [-0.2, 0) is 0 Å². The third kappa shape index (κ3) is 2.67. The SMILES string of the molecule is CC(C(=O)c1ccc(F)cc1)n1cc(Cl)c([N+](=O)[O-])n1. The number of halogens is 2. The van der Waals surface area contributed by atoms with Crippen LogP contribution in [-0.4, -0.2) is 20.5 Å². The van der Waals surface area contributed by atoms with Gasteiger partial charge >= 0.3 is 5.82 Å². The summed E-state index contributed by atoms with van der Waals surface area (Å²) in [4.78, 5) is 22.1. The molecule has 6 nitrogen and oxygen atoms in total. The highest BCUT2D eigenvalue weighted by atomic mass is 35.5. The van der Waals surface area contributed by atoms with Crippen LogP contribution in [0, 0.1) is 15.9 Å². The Morgan fingerprint density at radius 1 is 1.45 bits per heavy atom. The number of carbonyl (C=O) groups is 1. The summed E-state index contributed by atoms with van der Waals surface area (Å²) >= 11 is 5.67. The predicted molar refractivity (Wildman–Crippen MR) is 69.3 cm³/mol. The van der Waals surface area contributed by atoms with E-state index < -0.39 is 22.6 Å². The molecule has 0 saturated carbocycles. The van der Waals surface area contributed by atoms with E-state index in [1.165, 1.54) is 37.4 Å². The van der Waals surface area contributed by atoms with Crippen LogP contribution in [0.4, 0.5) is 10.2 Å². The summed E-state index contributed by atoms with van der Waals surface area (Å²) in [7, 11) is 0. The Morgan fingerprint density at radius 2 is 2.05 bits per heavy atom. The van der Waals surface area contributed by atoms with Crippen molar-refractivity contribution in [1.29, 1.82) is 0 Å². The molecule has 1 aromatic carbocycles. The van der Waals surface area contributed by atoms with Crippen LogP contribution in [0.3, 0.4) is 0 Å². The van der Waals surface area contributed by atoms with Gasteiger partial charge in [-0.25, -0.2) is 4.39 Å². The molecule has 0 amide bonds. The molecule has 20 heavy (non-hydrogen) atoms. The van der Waals surface area contributed by atoms with Crippen molar-refractivity contribution in [2.24, 2.45) is 0 Å². The number of hydrogen-bond donors (Lipinski definition) is 0. The smallest absolute Gasteiger partial charge is 0.358 e. The molecule has 0 bridgehead atoms. The predicted octanol–water partition coefficient (Wildman–Crippen LogP) is 3.03. The average Bonchev–Trinajstić information content (AvgIpc) is 2.80. The zero-order chi connectivity index (χ0) is 14.9. The van der Waals surface area contributed by atoms with Gasteiger partial charge in [-0.15, -0.1) is 0 Å². The Hall–Kier alpha value is -2.28. The molecular weight excluding hydrogens is 289 g/mol. The Balaban J connectivity index is 2.29. The number of nitro groups is 1. The molecule has 0 aliphatic rings. The molecule has 1 aromatic heterocycles. The summed E-state index contributed by atoms with van der Waals surface area (Å²) < 4.78 is 13.9. The highest BCUT2D eigenvalue weighted by Crippen LogP contribution is 2.24. The summed E-state index contributed by atoms with van der Waals surface area (Å²) in [6, 6.07) is 4.23. The van der Waals surface area contributed by atoms with E-state index in [-0.39, 0.29) is 16.4 Å².